The average molecular weight is 445 g/mol. The maximum absolute atomic E-state index is 12.3. The predicted molar refractivity (Wildman–Crippen MR) is 122 cm³/mol. The van der Waals surface area contributed by atoms with Gasteiger partial charge in [-0.25, -0.2) is 9.31 Å². The van der Waals surface area contributed by atoms with Crippen molar-refractivity contribution >= 4 is 23.1 Å². The Balaban J connectivity index is 1.30. The minimum absolute atomic E-state index is 0.167. The summed E-state index contributed by atoms with van der Waals surface area (Å²) in [4.78, 5) is 24.4. The van der Waals surface area contributed by atoms with E-state index in [1.54, 1.807) is 54.0 Å². The first-order valence-electron chi connectivity index (χ1n) is 10.5. The fourth-order valence-electron chi connectivity index (χ4n) is 3.14. The number of anilines is 1. The van der Waals surface area contributed by atoms with E-state index in [1.807, 2.05) is 30.3 Å². The zero-order valence-electron chi connectivity index (χ0n) is 18.1. The minimum atomic E-state index is -0.462. The molecule has 0 fully saturated rings. The van der Waals surface area contributed by atoms with Crippen LogP contribution in [0.3, 0.4) is 0 Å². The molecule has 4 aromatic rings. The Labute approximate surface area is 190 Å². The summed E-state index contributed by atoms with van der Waals surface area (Å²) in [6.45, 7) is 2.31. The van der Waals surface area contributed by atoms with Crippen LogP contribution in [-0.2, 0) is 16.1 Å². The Morgan fingerprint density at radius 2 is 1.70 bits per heavy atom. The van der Waals surface area contributed by atoms with E-state index in [1.165, 1.54) is 6.20 Å². The molecule has 0 saturated carbocycles. The van der Waals surface area contributed by atoms with E-state index >= 15 is 0 Å². The highest BCUT2D eigenvalue weighted by Gasteiger charge is 2.14. The number of nitrogens with one attached hydrogen (secondary N) is 1. The monoisotopic (exact) mass is 445 g/mol. The predicted octanol–water partition coefficient (Wildman–Crippen LogP) is 4.11. The van der Waals surface area contributed by atoms with Crippen molar-refractivity contribution in [2.45, 2.75) is 13.5 Å². The molecule has 0 saturated heterocycles. The Hall–Kier alpha value is -4.33. The maximum Gasteiger partial charge on any atom is 0.341 e. The maximum atomic E-state index is 12.3. The van der Waals surface area contributed by atoms with Gasteiger partial charge in [0, 0.05) is 11.9 Å². The number of fused-ring (bicyclic) bond motifs is 1. The van der Waals surface area contributed by atoms with Crippen molar-refractivity contribution < 1.29 is 23.8 Å². The third-order valence-corrected chi connectivity index (χ3v) is 4.74. The molecule has 0 spiro atoms. The zero-order chi connectivity index (χ0) is 23.0. The zero-order valence-corrected chi connectivity index (χ0v) is 18.1. The molecule has 0 radical (unpaired) electrons. The van der Waals surface area contributed by atoms with Crippen LogP contribution in [0.25, 0.3) is 5.52 Å². The van der Waals surface area contributed by atoms with Crippen molar-refractivity contribution in [2.75, 3.05) is 18.5 Å². The van der Waals surface area contributed by atoms with Crippen LogP contribution in [-0.4, -0.2) is 34.7 Å². The molecule has 4 rings (SSSR count). The molecule has 1 N–H and O–H groups in total. The van der Waals surface area contributed by atoms with Crippen molar-refractivity contribution in [3.8, 4) is 11.5 Å². The summed E-state index contributed by atoms with van der Waals surface area (Å²) in [5.41, 5.74) is 2.47. The van der Waals surface area contributed by atoms with Crippen LogP contribution < -0.4 is 14.8 Å². The van der Waals surface area contributed by atoms with Gasteiger partial charge in [-0.05, 0) is 48.9 Å². The summed E-state index contributed by atoms with van der Waals surface area (Å²) in [6.07, 6.45) is 3.10. The Morgan fingerprint density at radius 3 is 2.42 bits per heavy atom. The van der Waals surface area contributed by atoms with E-state index in [0.717, 1.165) is 5.56 Å². The molecule has 1 amide bonds. The Kier molecular flexibility index (Phi) is 6.84. The summed E-state index contributed by atoms with van der Waals surface area (Å²) in [5.74, 6) is 0.465. The molecule has 0 bridgehead atoms. The third-order valence-electron chi connectivity index (χ3n) is 4.74. The number of amides is 1. The van der Waals surface area contributed by atoms with E-state index in [0.29, 0.717) is 34.9 Å². The standard InChI is InChI=1S/C25H23N3O5/c1-2-31-25(30)22-15-26-28-13-12-19(14-23(22)28)27-24(29)17-33-21-10-8-20(9-11-21)32-16-18-6-4-3-5-7-18/h3-15H,2,16-17H2,1H3,(H,27,29). The highest BCUT2D eigenvalue weighted by atomic mass is 16.5. The molecule has 33 heavy (non-hydrogen) atoms. The van der Waals surface area contributed by atoms with Crippen molar-refractivity contribution in [1.82, 2.24) is 9.61 Å². The second-order valence-corrected chi connectivity index (χ2v) is 7.11. The Morgan fingerprint density at radius 1 is 0.970 bits per heavy atom. The normalized spacial score (nSPS) is 10.6. The molecular formula is C25H23N3O5. The number of hydrogen-bond donors (Lipinski definition) is 1. The van der Waals surface area contributed by atoms with Crippen LogP contribution >= 0.6 is 0 Å². The van der Waals surface area contributed by atoms with Gasteiger partial charge in [0.2, 0.25) is 0 Å². The second-order valence-electron chi connectivity index (χ2n) is 7.11. The number of ether oxygens (including phenoxy) is 3. The lowest BCUT2D eigenvalue weighted by Crippen LogP contribution is -2.20. The lowest BCUT2D eigenvalue weighted by molar-refractivity contribution is -0.118. The molecule has 2 heterocycles. The summed E-state index contributed by atoms with van der Waals surface area (Å²) >= 11 is 0. The van der Waals surface area contributed by atoms with Gasteiger partial charge in [0.05, 0.1) is 18.3 Å². The highest BCUT2D eigenvalue weighted by Crippen LogP contribution is 2.20. The second kappa shape index (κ2) is 10.3. The number of nitrogens with zero attached hydrogens (tertiary/aromatic N) is 2. The van der Waals surface area contributed by atoms with Crippen LogP contribution in [0.1, 0.15) is 22.8 Å². The lowest BCUT2D eigenvalue weighted by Gasteiger charge is -2.10. The summed E-state index contributed by atoms with van der Waals surface area (Å²) in [7, 11) is 0. The molecule has 0 aliphatic carbocycles. The SMILES string of the molecule is CCOC(=O)c1cnn2ccc(NC(=O)COc3ccc(OCc4ccccc4)cc3)cc12. The van der Waals surface area contributed by atoms with E-state index in [-0.39, 0.29) is 19.1 Å². The van der Waals surface area contributed by atoms with E-state index < -0.39 is 5.97 Å². The van der Waals surface area contributed by atoms with E-state index in [2.05, 4.69) is 10.4 Å². The number of aromatic nitrogens is 2. The largest absolute Gasteiger partial charge is 0.489 e. The fraction of sp³-hybridized carbons (Fsp3) is 0.160. The topological polar surface area (TPSA) is 91.2 Å². The van der Waals surface area contributed by atoms with E-state index in [9.17, 15) is 9.59 Å². The molecule has 0 aliphatic rings. The van der Waals surface area contributed by atoms with Crippen molar-refractivity contribution in [3.05, 3.63) is 90.3 Å². The van der Waals surface area contributed by atoms with Crippen molar-refractivity contribution in [3.63, 3.8) is 0 Å². The van der Waals surface area contributed by atoms with Crippen molar-refractivity contribution in [1.29, 1.82) is 0 Å². The van der Waals surface area contributed by atoms with Gasteiger partial charge in [0.1, 0.15) is 23.7 Å². The van der Waals surface area contributed by atoms with Gasteiger partial charge in [-0.2, -0.15) is 5.10 Å². The van der Waals surface area contributed by atoms with Crippen molar-refractivity contribution in [2.24, 2.45) is 0 Å². The van der Waals surface area contributed by atoms with Gasteiger partial charge in [0.15, 0.2) is 6.61 Å². The summed E-state index contributed by atoms with van der Waals surface area (Å²) in [5, 5.41) is 6.88. The van der Waals surface area contributed by atoms with Crippen LogP contribution in [0.4, 0.5) is 5.69 Å². The molecule has 0 unspecified atom stereocenters. The number of hydrogen-bond acceptors (Lipinski definition) is 6. The van der Waals surface area contributed by atoms with Gasteiger partial charge in [-0.15, -0.1) is 0 Å². The number of carbonyl (C=O) groups is 2. The fourth-order valence-corrected chi connectivity index (χ4v) is 3.14. The molecule has 168 valence electrons. The molecule has 2 aromatic carbocycles. The number of pyridine rings is 1. The Bertz CT molecular complexity index is 1240. The molecule has 8 nitrogen and oxygen atoms in total. The first-order chi connectivity index (χ1) is 16.1. The molecular weight excluding hydrogens is 422 g/mol. The number of rotatable bonds is 9. The van der Waals surface area contributed by atoms with Gasteiger partial charge in [0.25, 0.3) is 5.91 Å². The lowest BCUT2D eigenvalue weighted by atomic mass is 10.2. The smallest absolute Gasteiger partial charge is 0.341 e. The number of carbonyl (C=O) groups excluding carboxylic acids is 2. The molecule has 8 heteroatoms. The minimum Gasteiger partial charge on any atom is -0.489 e. The molecule has 2 aromatic heterocycles. The third kappa shape index (κ3) is 5.68. The summed E-state index contributed by atoms with van der Waals surface area (Å²) in [6, 6.07) is 20.3. The van der Waals surface area contributed by atoms with Gasteiger partial charge >= 0.3 is 5.97 Å². The number of esters is 1. The quantitative estimate of drug-likeness (QED) is 0.390. The van der Waals surface area contributed by atoms with Crippen LogP contribution in [0.15, 0.2) is 79.1 Å². The highest BCUT2D eigenvalue weighted by molar-refractivity contribution is 5.98. The van der Waals surface area contributed by atoms with Gasteiger partial charge in [-0.1, -0.05) is 30.3 Å². The van der Waals surface area contributed by atoms with Crippen LogP contribution in [0.5, 0.6) is 11.5 Å². The van der Waals surface area contributed by atoms with Crippen LogP contribution in [0, 0.1) is 0 Å². The average Bonchev–Trinajstić information content (AvgIpc) is 3.26. The molecule has 0 atom stereocenters. The van der Waals surface area contributed by atoms with E-state index in [4.69, 9.17) is 14.2 Å². The number of benzene rings is 2. The van der Waals surface area contributed by atoms with Gasteiger partial charge < -0.3 is 19.5 Å². The van der Waals surface area contributed by atoms with Crippen LogP contribution in [0.2, 0.25) is 0 Å². The summed E-state index contributed by atoms with van der Waals surface area (Å²) < 4.78 is 17.9. The first-order valence-corrected chi connectivity index (χ1v) is 10.5. The van der Waals surface area contributed by atoms with Gasteiger partial charge in [-0.3, -0.25) is 4.79 Å². The molecule has 0 aliphatic heterocycles. The first kappa shape index (κ1) is 21.9.